The number of anilines is 4. The summed E-state index contributed by atoms with van der Waals surface area (Å²) in [5.74, 6) is 1.49. The fraction of sp³-hybridized carbons (Fsp3) is 0.649. The molecule has 1 saturated heterocycles. The SMILES string of the molecule is CCC1C(=O)N(C)c2cnc(Nc3ccc(C(=O)NCCCOCCOC4CCN(C(=O)OC(C)(C)C)CC4)cc3OC)nc2N1C1CCCC1. The Morgan fingerprint density at radius 2 is 1.78 bits per heavy atom. The van der Waals surface area contributed by atoms with Gasteiger partial charge in [-0.1, -0.05) is 19.8 Å². The highest BCUT2D eigenvalue weighted by Gasteiger charge is 2.41. The van der Waals surface area contributed by atoms with E-state index in [4.69, 9.17) is 23.9 Å². The number of fused-ring (bicyclic) bond motifs is 1. The molecule has 2 fully saturated rings. The Morgan fingerprint density at radius 3 is 2.47 bits per heavy atom. The molecular formula is C37H55N7O7. The summed E-state index contributed by atoms with van der Waals surface area (Å²) in [7, 11) is 3.34. The van der Waals surface area contributed by atoms with Gasteiger partial charge in [0.1, 0.15) is 23.1 Å². The number of likely N-dealkylation sites (N-methyl/N-ethyl adjacent to an activating group) is 1. The molecule has 2 aliphatic heterocycles. The summed E-state index contributed by atoms with van der Waals surface area (Å²) in [5.41, 5.74) is 1.29. The van der Waals surface area contributed by atoms with Gasteiger partial charge in [-0.15, -0.1) is 0 Å². The number of aromatic nitrogens is 2. The molecular weight excluding hydrogens is 654 g/mol. The zero-order valence-corrected chi connectivity index (χ0v) is 31.0. The quantitative estimate of drug-likeness (QED) is 0.247. The highest BCUT2D eigenvalue weighted by atomic mass is 16.6. The molecule has 1 unspecified atom stereocenters. The van der Waals surface area contributed by atoms with Gasteiger partial charge < -0.3 is 44.3 Å². The van der Waals surface area contributed by atoms with E-state index < -0.39 is 5.60 Å². The minimum Gasteiger partial charge on any atom is -0.495 e. The number of nitrogens with zero attached hydrogens (tertiary/aromatic N) is 5. The van der Waals surface area contributed by atoms with E-state index in [1.165, 1.54) is 0 Å². The van der Waals surface area contributed by atoms with E-state index in [0.717, 1.165) is 44.3 Å². The molecule has 3 aliphatic rings. The van der Waals surface area contributed by atoms with Crippen molar-refractivity contribution < 1.29 is 33.3 Å². The third-order valence-electron chi connectivity index (χ3n) is 9.55. The Hall–Kier alpha value is -4.17. The second-order valence-corrected chi connectivity index (χ2v) is 14.4. The number of methoxy groups -OCH3 is 1. The van der Waals surface area contributed by atoms with Gasteiger partial charge in [0.15, 0.2) is 5.82 Å². The Morgan fingerprint density at radius 1 is 1.04 bits per heavy atom. The topological polar surface area (TPSA) is 148 Å². The fourth-order valence-electron chi connectivity index (χ4n) is 6.88. The van der Waals surface area contributed by atoms with Crippen LogP contribution in [0.1, 0.15) is 89.4 Å². The molecule has 0 spiro atoms. The molecule has 51 heavy (non-hydrogen) atoms. The molecule has 2 aromatic rings. The summed E-state index contributed by atoms with van der Waals surface area (Å²) in [6, 6.07) is 5.21. The van der Waals surface area contributed by atoms with Crippen LogP contribution in [0.5, 0.6) is 5.75 Å². The van der Waals surface area contributed by atoms with Crippen molar-refractivity contribution in [1.82, 2.24) is 20.2 Å². The second-order valence-electron chi connectivity index (χ2n) is 14.4. The molecule has 3 amide bonds. The molecule has 1 aliphatic carbocycles. The van der Waals surface area contributed by atoms with Crippen LogP contribution in [0, 0.1) is 0 Å². The number of carbonyl (C=O) groups excluding carboxylic acids is 3. The summed E-state index contributed by atoms with van der Waals surface area (Å²) < 4.78 is 22.7. The molecule has 0 radical (unpaired) electrons. The zero-order valence-electron chi connectivity index (χ0n) is 31.0. The molecule has 1 aromatic heterocycles. The van der Waals surface area contributed by atoms with E-state index in [1.54, 1.807) is 48.4 Å². The number of carbonyl (C=O) groups is 3. The average molecular weight is 710 g/mol. The smallest absolute Gasteiger partial charge is 0.410 e. The molecule has 280 valence electrons. The lowest BCUT2D eigenvalue weighted by Gasteiger charge is -2.43. The largest absolute Gasteiger partial charge is 0.495 e. The van der Waals surface area contributed by atoms with Crippen LogP contribution >= 0.6 is 0 Å². The molecule has 1 saturated carbocycles. The Balaban J connectivity index is 1.05. The summed E-state index contributed by atoms with van der Waals surface area (Å²) in [4.78, 5) is 53.4. The lowest BCUT2D eigenvalue weighted by atomic mass is 10.0. The van der Waals surface area contributed by atoms with Crippen molar-refractivity contribution >= 4 is 41.0 Å². The van der Waals surface area contributed by atoms with Crippen LogP contribution in [-0.4, -0.2) is 110 Å². The Kier molecular flexibility index (Phi) is 13.0. The maximum absolute atomic E-state index is 13.2. The van der Waals surface area contributed by atoms with Crippen molar-refractivity contribution in [2.45, 2.75) is 103 Å². The van der Waals surface area contributed by atoms with E-state index in [2.05, 4.69) is 20.5 Å². The number of benzene rings is 1. The van der Waals surface area contributed by atoms with Crippen LogP contribution < -0.4 is 25.2 Å². The number of hydrogen-bond donors (Lipinski definition) is 2. The molecule has 0 bridgehead atoms. The molecule has 5 rings (SSSR count). The minimum absolute atomic E-state index is 0.0700. The van der Waals surface area contributed by atoms with Gasteiger partial charge in [0.25, 0.3) is 5.91 Å². The van der Waals surface area contributed by atoms with Crippen LogP contribution in [-0.2, 0) is 19.0 Å². The summed E-state index contributed by atoms with van der Waals surface area (Å²) in [6.07, 6.45) is 8.80. The number of piperidine rings is 1. The number of amides is 3. The monoisotopic (exact) mass is 709 g/mol. The first kappa shape index (κ1) is 38.1. The van der Waals surface area contributed by atoms with Crippen LogP contribution in [0.4, 0.5) is 27.9 Å². The Bertz CT molecular complexity index is 1500. The standard InChI is InChI=1S/C37H55N7O7/c1-7-29-34(46)42(5)30-24-39-35(41-32(30)44(29)26-11-8-9-12-26)40-28-14-13-25(23-31(28)48-6)33(45)38-17-10-20-49-21-22-50-27-15-18-43(19-16-27)36(47)51-37(2,3)4/h13-14,23-24,26-27,29H,7-12,15-22H2,1-6H3,(H,38,45)(H,39,40,41). The number of rotatable bonds is 14. The zero-order chi connectivity index (χ0) is 36.5. The normalized spacial score (nSPS) is 18.5. The highest BCUT2D eigenvalue weighted by molar-refractivity contribution is 6.04. The van der Waals surface area contributed by atoms with Crippen LogP contribution in [0.3, 0.4) is 0 Å². The van der Waals surface area contributed by atoms with E-state index in [0.29, 0.717) is 80.9 Å². The van der Waals surface area contributed by atoms with E-state index in [9.17, 15) is 14.4 Å². The van der Waals surface area contributed by atoms with Crippen molar-refractivity contribution in [1.29, 1.82) is 0 Å². The first-order chi connectivity index (χ1) is 24.5. The maximum atomic E-state index is 13.2. The average Bonchev–Trinajstić information content (AvgIpc) is 3.65. The van der Waals surface area contributed by atoms with Crippen molar-refractivity contribution in [2.24, 2.45) is 0 Å². The van der Waals surface area contributed by atoms with E-state index in [-0.39, 0.29) is 36.1 Å². The van der Waals surface area contributed by atoms with Gasteiger partial charge in [-0.25, -0.2) is 9.78 Å². The molecule has 14 heteroatoms. The predicted octanol–water partition coefficient (Wildman–Crippen LogP) is 5.29. The van der Waals surface area contributed by atoms with Crippen molar-refractivity contribution in [2.75, 3.05) is 68.7 Å². The fourth-order valence-corrected chi connectivity index (χ4v) is 6.88. The van der Waals surface area contributed by atoms with E-state index >= 15 is 0 Å². The molecule has 2 N–H and O–H groups in total. The van der Waals surface area contributed by atoms with Crippen LogP contribution in [0.15, 0.2) is 24.4 Å². The number of ether oxygens (including phenoxy) is 4. The van der Waals surface area contributed by atoms with Gasteiger partial charge in [-0.05, 0) is 77.5 Å². The van der Waals surface area contributed by atoms with Gasteiger partial charge in [-0.2, -0.15) is 4.98 Å². The lowest BCUT2D eigenvalue weighted by molar-refractivity contribution is -0.120. The molecule has 1 atom stereocenters. The lowest BCUT2D eigenvalue weighted by Crippen LogP contribution is -2.55. The van der Waals surface area contributed by atoms with Crippen molar-refractivity contribution in [3.8, 4) is 5.75 Å². The van der Waals surface area contributed by atoms with Crippen molar-refractivity contribution in [3.05, 3.63) is 30.0 Å². The van der Waals surface area contributed by atoms with Gasteiger partial charge in [0.05, 0.1) is 38.3 Å². The number of hydrogen-bond acceptors (Lipinski definition) is 11. The summed E-state index contributed by atoms with van der Waals surface area (Å²) in [6.45, 7) is 10.8. The summed E-state index contributed by atoms with van der Waals surface area (Å²) in [5, 5.41) is 6.21. The van der Waals surface area contributed by atoms with Gasteiger partial charge in [-0.3, -0.25) is 9.59 Å². The molecule has 1 aromatic carbocycles. The van der Waals surface area contributed by atoms with Gasteiger partial charge in [0.2, 0.25) is 11.9 Å². The molecule has 14 nitrogen and oxygen atoms in total. The maximum Gasteiger partial charge on any atom is 0.410 e. The number of likely N-dealkylation sites (tertiary alicyclic amines) is 1. The summed E-state index contributed by atoms with van der Waals surface area (Å²) >= 11 is 0. The first-order valence-corrected chi connectivity index (χ1v) is 18.3. The van der Waals surface area contributed by atoms with Gasteiger partial charge in [0, 0.05) is 44.9 Å². The highest BCUT2D eigenvalue weighted by Crippen LogP contribution is 2.40. The first-order valence-electron chi connectivity index (χ1n) is 18.3. The van der Waals surface area contributed by atoms with Crippen LogP contribution in [0.25, 0.3) is 0 Å². The minimum atomic E-state index is -0.499. The van der Waals surface area contributed by atoms with E-state index in [1.807, 2.05) is 27.7 Å². The third-order valence-corrected chi connectivity index (χ3v) is 9.55. The van der Waals surface area contributed by atoms with Gasteiger partial charge >= 0.3 is 6.09 Å². The third kappa shape index (κ3) is 9.79. The van der Waals surface area contributed by atoms with Crippen molar-refractivity contribution in [3.63, 3.8) is 0 Å². The second kappa shape index (κ2) is 17.4. The predicted molar refractivity (Wildman–Crippen MR) is 195 cm³/mol. The Labute approximate surface area is 301 Å². The number of nitrogens with one attached hydrogen (secondary N) is 2. The van der Waals surface area contributed by atoms with Crippen LogP contribution in [0.2, 0.25) is 0 Å². The molecule has 3 heterocycles.